The molecule has 0 saturated heterocycles. The monoisotopic (exact) mass is 1430 g/mol. The van der Waals surface area contributed by atoms with Crippen molar-refractivity contribution in [2.24, 2.45) is 0 Å². The highest BCUT2D eigenvalue weighted by molar-refractivity contribution is 6.15. The summed E-state index contributed by atoms with van der Waals surface area (Å²) in [6.07, 6.45) is 0. The second kappa shape index (κ2) is 24.1. The minimum absolute atomic E-state index is 0.0940. The van der Waals surface area contributed by atoms with E-state index < -0.39 is 0 Å². The third kappa shape index (κ3) is 9.56. The molecule has 21 aromatic rings. The summed E-state index contributed by atoms with van der Waals surface area (Å²) >= 11 is 0. The van der Waals surface area contributed by atoms with Gasteiger partial charge in [0.25, 0.3) is 0 Å². The summed E-state index contributed by atoms with van der Waals surface area (Å²) in [5, 5.41) is 9.75. The van der Waals surface area contributed by atoms with Crippen LogP contribution < -0.4 is 0 Å². The van der Waals surface area contributed by atoms with Crippen LogP contribution in [0.1, 0.15) is 49.9 Å². The van der Waals surface area contributed by atoms with E-state index in [1.54, 1.807) is 0 Å². The van der Waals surface area contributed by atoms with Crippen LogP contribution in [0.15, 0.2) is 358 Å². The number of hydrogen-bond donors (Lipinski definition) is 0. The molecule has 0 amide bonds. The van der Waals surface area contributed by atoms with Crippen LogP contribution in [-0.4, -0.2) is 33.2 Å². The molecule has 526 valence electrons. The first-order valence-corrected chi connectivity index (χ1v) is 38.8. The van der Waals surface area contributed by atoms with Gasteiger partial charge in [-0.3, -0.25) is 0 Å². The Morgan fingerprint density at radius 2 is 0.464 bits per heavy atom. The summed E-state index contributed by atoms with van der Waals surface area (Å²) in [7, 11) is 0. The molecule has 0 radical (unpaired) electrons. The van der Waals surface area contributed by atoms with E-state index in [0.29, 0.717) is 17.5 Å². The number of aromatic nitrogens is 7. The molecule has 0 N–H and O–H groups in total. The number of nitrogens with zero attached hydrogens (tertiary/aromatic N) is 7. The first-order valence-electron chi connectivity index (χ1n) is 38.8. The summed E-state index contributed by atoms with van der Waals surface area (Å²) in [4.78, 5) is 15.7. The van der Waals surface area contributed by atoms with Crippen LogP contribution in [0, 0.1) is 0 Å². The van der Waals surface area contributed by atoms with Gasteiger partial charge in [0.1, 0.15) is 0 Å². The summed E-state index contributed by atoms with van der Waals surface area (Å²) in [5.74, 6) is 1.81. The number of fused-ring (bicyclic) bond motifs is 18. The average molecular weight is 1430 g/mol. The maximum atomic E-state index is 5.31. The van der Waals surface area contributed by atoms with Gasteiger partial charge in [-0.15, -0.1) is 0 Å². The van der Waals surface area contributed by atoms with E-state index in [1.165, 1.54) is 143 Å². The first kappa shape index (κ1) is 63.8. The molecule has 0 spiro atoms. The van der Waals surface area contributed by atoms with Crippen molar-refractivity contribution in [1.82, 2.24) is 33.2 Å². The Morgan fingerprint density at radius 3 is 0.884 bits per heavy atom. The van der Waals surface area contributed by atoms with Crippen molar-refractivity contribution in [2.45, 2.75) is 38.5 Å². The lowest BCUT2D eigenvalue weighted by molar-refractivity contribution is 0.660. The maximum absolute atomic E-state index is 5.31. The second-order valence-corrected chi connectivity index (χ2v) is 31.5. The maximum Gasteiger partial charge on any atom is 0.164 e. The van der Waals surface area contributed by atoms with Crippen molar-refractivity contribution in [3.8, 4) is 113 Å². The van der Waals surface area contributed by atoms with Gasteiger partial charge in [0, 0.05) is 93.4 Å². The standard InChI is InChI=1S/C105H71N7/c1-104(2)89-31-14-8-25-77(89)79-51-49-75(62-91(79)104)111-95-35-18-12-29-83(95)87-60-70(45-55-99(87)111)68-43-53-97-85(58-68)81-27-10-16-33-93(81)109(97)73-47-41-65(42-48-73)64-37-39-67(40-38-64)102-106-101(66-21-6-5-7-22-66)107-103(108-102)72-23-20-24-74(57-72)110-94-34-17-11-28-82(94)86-59-69(44-54-98(86)110)71-46-56-100-88(61-71)84-30-13-19-36-96(84)112(100)76-50-52-80-78-26-9-15-32-90(78)105(3,4)92(80)63-76/h5-63H,1-4H3. The van der Waals surface area contributed by atoms with Crippen molar-refractivity contribution in [1.29, 1.82) is 0 Å². The topological polar surface area (TPSA) is 58.4 Å². The molecule has 112 heavy (non-hydrogen) atoms. The van der Waals surface area contributed by atoms with Gasteiger partial charge in [-0.05, 0) is 199 Å². The fourth-order valence-electron chi connectivity index (χ4n) is 19.1. The molecule has 16 aromatic carbocycles. The molecule has 23 rings (SSSR count). The Morgan fingerprint density at radius 1 is 0.179 bits per heavy atom. The normalized spacial score (nSPS) is 13.3. The van der Waals surface area contributed by atoms with Crippen LogP contribution in [0.4, 0.5) is 0 Å². The average Bonchev–Trinajstić information content (AvgIpc) is 1.57. The molecule has 0 atom stereocenters. The molecule has 0 unspecified atom stereocenters. The van der Waals surface area contributed by atoms with E-state index in [9.17, 15) is 0 Å². The number of rotatable bonds is 10. The Labute approximate surface area is 647 Å². The van der Waals surface area contributed by atoms with Gasteiger partial charge in [0.15, 0.2) is 17.5 Å². The fraction of sp³-hybridized carbons (Fsp3) is 0.0571. The molecule has 7 heteroatoms. The van der Waals surface area contributed by atoms with E-state index in [-0.39, 0.29) is 10.8 Å². The summed E-state index contributed by atoms with van der Waals surface area (Å²) in [6, 6.07) is 132. The van der Waals surface area contributed by atoms with Crippen molar-refractivity contribution in [2.75, 3.05) is 0 Å². The third-order valence-electron chi connectivity index (χ3n) is 24.6. The molecule has 2 aliphatic rings. The summed E-state index contributed by atoms with van der Waals surface area (Å²) < 4.78 is 9.70. The number of para-hydroxylation sites is 4. The van der Waals surface area contributed by atoms with Crippen molar-refractivity contribution in [3.05, 3.63) is 380 Å². The van der Waals surface area contributed by atoms with Gasteiger partial charge in [-0.1, -0.05) is 264 Å². The highest BCUT2D eigenvalue weighted by Gasteiger charge is 2.37. The lowest BCUT2D eigenvalue weighted by atomic mass is 9.82. The van der Waals surface area contributed by atoms with Crippen LogP contribution in [0.5, 0.6) is 0 Å². The highest BCUT2D eigenvalue weighted by Crippen LogP contribution is 2.52. The largest absolute Gasteiger partial charge is 0.309 e. The molecule has 0 fully saturated rings. The van der Waals surface area contributed by atoms with Gasteiger partial charge < -0.3 is 18.3 Å². The second-order valence-electron chi connectivity index (χ2n) is 31.5. The fourth-order valence-corrected chi connectivity index (χ4v) is 19.1. The lowest BCUT2D eigenvalue weighted by Crippen LogP contribution is -2.15. The molecular weight excluding hydrogens is 1360 g/mol. The van der Waals surface area contributed by atoms with E-state index in [4.69, 9.17) is 15.0 Å². The van der Waals surface area contributed by atoms with Gasteiger partial charge in [-0.25, -0.2) is 15.0 Å². The Balaban J connectivity index is 0.546. The van der Waals surface area contributed by atoms with Crippen molar-refractivity contribution >= 4 is 87.2 Å². The van der Waals surface area contributed by atoms with Gasteiger partial charge in [0.05, 0.1) is 44.1 Å². The van der Waals surface area contributed by atoms with Crippen LogP contribution in [0.3, 0.4) is 0 Å². The number of benzene rings is 16. The molecule has 7 nitrogen and oxygen atoms in total. The van der Waals surface area contributed by atoms with Crippen molar-refractivity contribution < 1.29 is 0 Å². The first-order chi connectivity index (χ1) is 55.0. The molecule has 2 aliphatic carbocycles. The van der Waals surface area contributed by atoms with Gasteiger partial charge >= 0.3 is 0 Å². The van der Waals surface area contributed by atoms with Gasteiger partial charge in [0.2, 0.25) is 0 Å². The van der Waals surface area contributed by atoms with Crippen LogP contribution in [0.2, 0.25) is 0 Å². The molecule has 5 heterocycles. The zero-order valence-corrected chi connectivity index (χ0v) is 62.2. The minimum atomic E-state index is -0.102. The Kier molecular flexibility index (Phi) is 13.7. The minimum Gasteiger partial charge on any atom is -0.309 e. The van der Waals surface area contributed by atoms with Crippen LogP contribution >= 0.6 is 0 Å². The van der Waals surface area contributed by atoms with E-state index in [2.05, 4.69) is 386 Å². The predicted molar refractivity (Wildman–Crippen MR) is 465 cm³/mol. The lowest BCUT2D eigenvalue weighted by Gasteiger charge is -2.22. The summed E-state index contributed by atoms with van der Waals surface area (Å²) in [5.41, 5.74) is 34.1. The molecule has 0 bridgehead atoms. The quantitative estimate of drug-likeness (QED) is 0.137. The molecular formula is C105H71N7. The highest BCUT2D eigenvalue weighted by atomic mass is 15.0. The van der Waals surface area contributed by atoms with E-state index in [1.807, 2.05) is 18.2 Å². The predicted octanol–water partition coefficient (Wildman–Crippen LogP) is 26.9. The zero-order valence-electron chi connectivity index (χ0n) is 62.2. The van der Waals surface area contributed by atoms with E-state index in [0.717, 1.165) is 61.3 Å². The van der Waals surface area contributed by atoms with Crippen LogP contribution in [-0.2, 0) is 10.8 Å². The zero-order chi connectivity index (χ0) is 74.2. The van der Waals surface area contributed by atoms with Crippen LogP contribution in [0.25, 0.3) is 200 Å². The third-order valence-corrected chi connectivity index (χ3v) is 24.6. The number of hydrogen-bond acceptors (Lipinski definition) is 3. The Hall–Kier alpha value is -14.3. The van der Waals surface area contributed by atoms with Gasteiger partial charge in [-0.2, -0.15) is 0 Å². The molecule has 0 saturated carbocycles. The molecule has 5 aromatic heterocycles. The molecule has 0 aliphatic heterocycles. The van der Waals surface area contributed by atoms with Crippen molar-refractivity contribution in [3.63, 3.8) is 0 Å². The summed E-state index contributed by atoms with van der Waals surface area (Å²) in [6.45, 7) is 9.44. The SMILES string of the molecule is CC1(C)c2ccccc2-c2ccc(-n3c4ccccc4c4cc(-c5ccc6c(c5)c5ccccc5n6-c5ccc(-c6ccc(-c7nc(-c8ccccc8)nc(-c8cccc(-n9c%10ccccc%10c%10cc(-c%11ccc%12c(c%11)c%11ccccc%11n%12-c%11ccc%12c(c%11)C(C)(C)c%11ccccc%11-%12)ccc%109)c8)n7)cc6)cc5)ccc43)cc21. The Bertz CT molecular complexity index is 7550. The smallest absolute Gasteiger partial charge is 0.164 e. The van der Waals surface area contributed by atoms with E-state index >= 15 is 0 Å².